The van der Waals surface area contributed by atoms with Crippen LogP contribution in [-0.4, -0.2) is 50.1 Å². The molecule has 2 amide bonds. The van der Waals surface area contributed by atoms with Gasteiger partial charge in [-0.15, -0.1) is 0 Å². The number of rotatable bonds is 14. The van der Waals surface area contributed by atoms with Gasteiger partial charge in [-0.3, -0.25) is 4.79 Å². The molecule has 3 rings (SSSR count). The van der Waals surface area contributed by atoms with Crippen LogP contribution in [0, 0.1) is 5.41 Å². The third kappa shape index (κ3) is 10.4. The second-order valence-electron chi connectivity index (χ2n) is 11.5. The first-order chi connectivity index (χ1) is 19.0. The minimum absolute atomic E-state index is 0.0208. The van der Waals surface area contributed by atoms with E-state index in [1.165, 1.54) is 14.0 Å². The van der Waals surface area contributed by atoms with Crippen LogP contribution in [0.25, 0.3) is 11.1 Å². The molecule has 0 heterocycles. The van der Waals surface area contributed by atoms with Gasteiger partial charge in [0.15, 0.2) is 6.10 Å². The summed E-state index contributed by atoms with van der Waals surface area (Å²) in [5.41, 5.74) is 8.28. The van der Waals surface area contributed by atoms with Crippen molar-refractivity contribution < 1.29 is 23.9 Å². The zero-order valence-corrected chi connectivity index (χ0v) is 25.0. The zero-order valence-electron chi connectivity index (χ0n) is 25.0. The molecule has 1 aliphatic rings. The highest BCUT2D eigenvalue weighted by molar-refractivity contribution is 5.83. The van der Waals surface area contributed by atoms with Crippen LogP contribution in [-0.2, 0) is 19.1 Å². The predicted octanol–water partition coefficient (Wildman–Crippen LogP) is 5.53. The first kappa shape index (κ1) is 33.0. The lowest BCUT2D eigenvalue weighted by Crippen LogP contribution is -2.36. The Balaban J connectivity index is 0.00000274. The van der Waals surface area contributed by atoms with E-state index in [0.717, 1.165) is 41.5 Å². The Labute approximate surface area is 239 Å². The topological polar surface area (TPSA) is 120 Å². The van der Waals surface area contributed by atoms with Crippen molar-refractivity contribution in [3.8, 4) is 11.1 Å². The van der Waals surface area contributed by atoms with Crippen LogP contribution in [0.5, 0.6) is 0 Å². The molecular weight excluding hydrogens is 506 g/mol. The van der Waals surface area contributed by atoms with E-state index in [0.29, 0.717) is 19.7 Å². The molecule has 0 fully saturated rings. The van der Waals surface area contributed by atoms with Gasteiger partial charge in [-0.2, -0.15) is 0 Å². The van der Waals surface area contributed by atoms with Gasteiger partial charge < -0.3 is 30.6 Å². The second kappa shape index (κ2) is 15.5. The average Bonchev–Trinajstić information content (AvgIpc) is 3.23. The standard InChI is InChI=1S/C31H42N2O5.CH5N/c1-22(34)15-16-27(35)33-21-30(2,3)18-20-37-31(4,5)17-10-19-32-29(36)38-28-25-13-8-6-11-23(25)24-12-7-9-14-26(24)28;1-2/h6-9,11-14,28H,10,15-21H2,1-5H3,(H,32,36)(H,33,35);2H2,1H3. The summed E-state index contributed by atoms with van der Waals surface area (Å²) < 4.78 is 12.0. The molecule has 0 spiro atoms. The number of ketones is 1. The maximum atomic E-state index is 12.6. The van der Waals surface area contributed by atoms with E-state index in [2.05, 4.69) is 42.3 Å². The Morgan fingerprint density at radius 3 is 2.00 bits per heavy atom. The molecule has 8 nitrogen and oxygen atoms in total. The highest BCUT2D eigenvalue weighted by Gasteiger charge is 2.31. The lowest BCUT2D eigenvalue weighted by Gasteiger charge is -2.30. The summed E-state index contributed by atoms with van der Waals surface area (Å²) in [4.78, 5) is 35.5. The highest BCUT2D eigenvalue weighted by atomic mass is 16.6. The number of nitrogens with one attached hydrogen (secondary N) is 2. The number of fused-ring (bicyclic) bond motifs is 3. The van der Waals surface area contributed by atoms with E-state index in [1.54, 1.807) is 0 Å². The van der Waals surface area contributed by atoms with Gasteiger partial charge in [-0.1, -0.05) is 62.4 Å². The fourth-order valence-corrected chi connectivity index (χ4v) is 4.57. The molecule has 2 aromatic rings. The third-order valence-electron chi connectivity index (χ3n) is 6.97. The molecule has 40 heavy (non-hydrogen) atoms. The van der Waals surface area contributed by atoms with Gasteiger partial charge in [-0.05, 0) is 63.6 Å². The molecule has 220 valence electrons. The fourth-order valence-electron chi connectivity index (χ4n) is 4.57. The summed E-state index contributed by atoms with van der Waals surface area (Å²) in [5.74, 6) is -0.0746. The zero-order chi connectivity index (χ0) is 29.8. The summed E-state index contributed by atoms with van der Waals surface area (Å²) in [5, 5.41) is 5.81. The molecule has 0 aromatic heterocycles. The van der Waals surface area contributed by atoms with Crippen molar-refractivity contribution in [1.29, 1.82) is 0 Å². The number of ether oxygens (including phenoxy) is 2. The number of hydrogen-bond donors (Lipinski definition) is 3. The molecule has 4 N–H and O–H groups in total. The van der Waals surface area contributed by atoms with Crippen molar-refractivity contribution >= 4 is 17.8 Å². The Bertz CT molecular complexity index is 1080. The van der Waals surface area contributed by atoms with Crippen molar-refractivity contribution in [2.45, 2.75) is 78.4 Å². The normalized spacial score (nSPS) is 12.5. The minimum atomic E-state index is -0.424. The molecule has 0 atom stereocenters. The van der Waals surface area contributed by atoms with E-state index in [1.807, 2.05) is 50.2 Å². The van der Waals surface area contributed by atoms with Gasteiger partial charge in [0.25, 0.3) is 0 Å². The largest absolute Gasteiger partial charge is 0.436 e. The van der Waals surface area contributed by atoms with Gasteiger partial charge in [0.1, 0.15) is 5.78 Å². The van der Waals surface area contributed by atoms with E-state index in [9.17, 15) is 14.4 Å². The SMILES string of the molecule is CC(=O)CCC(=O)NCC(C)(C)CCOC(C)(C)CCCNC(=O)OC1c2ccccc2-c2ccccc21.CN. The molecule has 2 aromatic carbocycles. The molecule has 0 radical (unpaired) electrons. The molecule has 1 aliphatic carbocycles. The Hall–Kier alpha value is -3.23. The van der Waals surface area contributed by atoms with Gasteiger partial charge >= 0.3 is 6.09 Å². The van der Waals surface area contributed by atoms with E-state index < -0.39 is 12.2 Å². The smallest absolute Gasteiger partial charge is 0.408 e. The molecule has 0 saturated heterocycles. The lowest BCUT2D eigenvalue weighted by atomic mass is 9.89. The van der Waals surface area contributed by atoms with Gasteiger partial charge in [0.2, 0.25) is 5.91 Å². The van der Waals surface area contributed by atoms with E-state index in [4.69, 9.17) is 9.47 Å². The van der Waals surface area contributed by atoms with Gasteiger partial charge in [0.05, 0.1) is 5.60 Å². The van der Waals surface area contributed by atoms with Gasteiger partial charge in [0, 0.05) is 43.7 Å². The van der Waals surface area contributed by atoms with Crippen LogP contribution in [0.2, 0.25) is 0 Å². The number of Topliss-reactive ketones (excluding diaryl/α,β-unsaturated/α-hetero) is 1. The third-order valence-corrected chi connectivity index (χ3v) is 6.97. The molecule has 0 aliphatic heterocycles. The number of alkyl carbamates (subject to hydrolysis) is 1. The molecule has 0 saturated carbocycles. The van der Waals surface area contributed by atoms with Crippen molar-refractivity contribution in [2.24, 2.45) is 11.1 Å². The summed E-state index contributed by atoms with van der Waals surface area (Å²) >= 11 is 0. The maximum absolute atomic E-state index is 12.6. The Morgan fingerprint density at radius 2 is 1.43 bits per heavy atom. The van der Waals surface area contributed by atoms with Crippen LogP contribution >= 0.6 is 0 Å². The number of carbonyl (C=O) groups excluding carboxylic acids is 3. The summed E-state index contributed by atoms with van der Waals surface area (Å²) in [6.45, 7) is 11.4. The average molecular weight is 554 g/mol. The van der Waals surface area contributed by atoms with Crippen LogP contribution in [0.15, 0.2) is 48.5 Å². The quantitative estimate of drug-likeness (QED) is 0.265. The monoisotopic (exact) mass is 553 g/mol. The summed E-state index contributed by atoms with van der Waals surface area (Å²) in [6, 6.07) is 16.1. The highest BCUT2D eigenvalue weighted by Crippen LogP contribution is 2.45. The predicted molar refractivity (Wildman–Crippen MR) is 159 cm³/mol. The number of amides is 2. The second-order valence-corrected chi connectivity index (χ2v) is 11.5. The molecule has 8 heteroatoms. The molecule has 0 bridgehead atoms. The Morgan fingerprint density at radius 1 is 0.850 bits per heavy atom. The Kier molecular flexibility index (Phi) is 12.8. The minimum Gasteiger partial charge on any atom is -0.436 e. The van der Waals surface area contributed by atoms with Crippen LogP contribution in [0.4, 0.5) is 4.79 Å². The number of benzene rings is 2. The fraction of sp³-hybridized carbons (Fsp3) is 0.531. The van der Waals surface area contributed by atoms with Crippen molar-refractivity contribution in [3.63, 3.8) is 0 Å². The summed E-state index contributed by atoms with van der Waals surface area (Å²) in [7, 11) is 1.50. The summed E-state index contributed by atoms with van der Waals surface area (Å²) in [6.07, 6.45) is 2.02. The number of hydrogen-bond acceptors (Lipinski definition) is 6. The molecule has 0 unspecified atom stereocenters. The van der Waals surface area contributed by atoms with Crippen LogP contribution in [0.3, 0.4) is 0 Å². The van der Waals surface area contributed by atoms with E-state index in [-0.39, 0.29) is 35.5 Å². The first-order valence-corrected chi connectivity index (χ1v) is 14.1. The van der Waals surface area contributed by atoms with Crippen molar-refractivity contribution in [3.05, 3.63) is 59.7 Å². The van der Waals surface area contributed by atoms with Crippen LogP contribution < -0.4 is 16.4 Å². The van der Waals surface area contributed by atoms with Crippen molar-refractivity contribution in [2.75, 3.05) is 26.7 Å². The van der Waals surface area contributed by atoms with Gasteiger partial charge in [-0.25, -0.2) is 4.79 Å². The molecular formula is C32H47N3O5. The number of nitrogens with two attached hydrogens (primary N) is 1. The number of carbonyl (C=O) groups is 3. The van der Waals surface area contributed by atoms with Crippen molar-refractivity contribution in [1.82, 2.24) is 10.6 Å². The van der Waals surface area contributed by atoms with E-state index >= 15 is 0 Å². The van der Waals surface area contributed by atoms with Crippen LogP contribution in [0.1, 0.15) is 84.0 Å². The maximum Gasteiger partial charge on any atom is 0.408 e. The first-order valence-electron chi connectivity index (χ1n) is 14.1. The lowest BCUT2D eigenvalue weighted by molar-refractivity contribution is -0.125.